The zero-order chi connectivity index (χ0) is 11.7. The van der Waals surface area contributed by atoms with Crippen LogP contribution in [0, 0.1) is 5.92 Å². The summed E-state index contributed by atoms with van der Waals surface area (Å²) in [6, 6.07) is 4.47. The van der Waals surface area contributed by atoms with Crippen molar-refractivity contribution in [3.8, 4) is 0 Å². The number of rotatable bonds is 5. The number of nitrogens with one attached hydrogen (secondary N) is 1. The van der Waals surface area contributed by atoms with Crippen molar-refractivity contribution in [3.05, 3.63) is 17.8 Å². The van der Waals surface area contributed by atoms with Crippen LogP contribution in [0.4, 0.5) is 0 Å². The van der Waals surface area contributed by atoms with Crippen LogP contribution in [0.2, 0.25) is 0 Å². The van der Waals surface area contributed by atoms with Crippen molar-refractivity contribution in [3.63, 3.8) is 0 Å². The molecule has 0 radical (unpaired) electrons. The second-order valence-electron chi connectivity index (χ2n) is 4.56. The van der Waals surface area contributed by atoms with Gasteiger partial charge in [0, 0.05) is 12.5 Å². The van der Waals surface area contributed by atoms with Crippen LogP contribution in [0.25, 0.3) is 5.65 Å². The Morgan fingerprint density at radius 2 is 2.35 bits per heavy atom. The summed E-state index contributed by atoms with van der Waals surface area (Å²) in [6.45, 7) is 3.15. The molecule has 1 saturated carbocycles. The van der Waals surface area contributed by atoms with Gasteiger partial charge in [0.2, 0.25) is 0 Å². The lowest BCUT2D eigenvalue weighted by Crippen LogP contribution is -2.33. The van der Waals surface area contributed by atoms with Crippen LogP contribution in [-0.4, -0.2) is 37.8 Å². The molecule has 0 saturated heterocycles. The van der Waals surface area contributed by atoms with Crippen LogP contribution < -0.4 is 5.32 Å². The van der Waals surface area contributed by atoms with Gasteiger partial charge in [0.25, 0.3) is 0 Å². The smallest absolute Gasteiger partial charge is 0.199 e. The minimum Gasteiger partial charge on any atom is -0.314 e. The predicted octanol–water partition coefficient (Wildman–Crippen LogP) is 0.450. The zero-order valence-corrected chi connectivity index (χ0v) is 9.87. The van der Waals surface area contributed by atoms with Crippen molar-refractivity contribution in [2.45, 2.75) is 32.2 Å². The Labute approximate surface area is 99.4 Å². The summed E-state index contributed by atoms with van der Waals surface area (Å²) in [5, 5.41) is 19.2. The third-order valence-corrected chi connectivity index (χ3v) is 3.21. The van der Waals surface area contributed by atoms with Crippen LogP contribution in [0.5, 0.6) is 0 Å². The van der Waals surface area contributed by atoms with Gasteiger partial charge in [-0.1, -0.05) is 6.92 Å². The number of hydrogen-bond acceptors (Lipinski definition) is 5. The van der Waals surface area contributed by atoms with E-state index in [0.717, 1.165) is 24.6 Å². The van der Waals surface area contributed by atoms with Crippen molar-refractivity contribution < 1.29 is 0 Å². The van der Waals surface area contributed by atoms with Gasteiger partial charge in [-0.2, -0.15) is 5.10 Å². The summed E-state index contributed by atoms with van der Waals surface area (Å²) in [4.78, 5) is 0. The first kappa shape index (κ1) is 10.6. The summed E-state index contributed by atoms with van der Waals surface area (Å²) in [6.07, 6.45) is 3.63. The highest BCUT2D eigenvalue weighted by molar-refractivity contribution is 5.33. The van der Waals surface area contributed by atoms with Gasteiger partial charge in [-0.05, 0) is 47.9 Å². The third-order valence-electron chi connectivity index (χ3n) is 3.21. The van der Waals surface area contributed by atoms with E-state index in [-0.39, 0.29) is 0 Å². The van der Waals surface area contributed by atoms with Crippen LogP contribution in [0.3, 0.4) is 0 Å². The van der Waals surface area contributed by atoms with Gasteiger partial charge in [-0.3, -0.25) is 0 Å². The van der Waals surface area contributed by atoms with E-state index in [0.29, 0.717) is 11.7 Å². The molecule has 6 heteroatoms. The summed E-state index contributed by atoms with van der Waals surface area (Å²) >= 11 is 0. The molecule has 1 N–H and O–H groups in total. The van der Waals surface area contributed by atoms with E-state index in [4.69, 9.17) is 0 Å². The van der Waals surface area contributed by atoms with Crippen molar-refractivity contribution in [2.75, 3.05) is 6.54 Å². The summed E-state index contributed by atoms with van der Waals surface area (Å²) in [5.41, 5.74) is 1.74. The van der Waals surface area contributed by atoms with E-state index < -0.39 is 0 Å². The Morgan fingerprint density at radius 3 is 3.12 bits per heavy atom. The molecule has 1 unspecified atom stereocenters. The Morgan fingerprint density at radius 1 is 1.47 bits per heavy atom. The largest absolute Gasteiger partial charge is 0.314 e. The van der Waals surface area contributed by atoms with Crippen LogP contribution in [-0.2, 0) is 6.42 Å². The van der Waals surface area contributed by atoms with Crippen LogP contribution in [0.15, 0.2) is 12.1 Å². The molecule has 0 aliphatic heterocycles. The predicted molar refractivity (Wildman–Crippen MR) is 62.5 cm³/mol. The maximum atomic E-state index is 4.41. The van der Waals surface area contributed by atoms with Gasteiger partial charge in [0.15, 0.2) is 5.65 Å². The number of nitrogens with zero attached hydrogens (tertiary/aromatic N) is 5. The highest BCUT2D eigenvalue weighted by Crippen LogP contribution is 2.33. The first-order chi connectivity index (χ1) is 8.36. The number of aromatic nitrogens is 5. The lowest BCUT2D eigenvalue weighted by molar-refractivity contribution is 0.464. The third kappa shape index (κ3) is 2.26. The van der Waals surface area contributed by atoms with Gasteiger partial charge < -0.3 is 5.32 Å². The Bertz CT molecular complexity index is 503. The zero-order valence-electron chi connectivity index (χ0n) is 9.87. The molecular weight excluding hydrogens is 216 g/mol. The second kappa shape index (κ2) is 4.37. The Balaban J connectivity index is 1.77. The normalized spacial score (nSPS) is 17.5. The SMILES string of the molecule is CCNC(Cc1ccc2nnnn2n1)C1CC1. The van der Waals surface area contributed by atoms with E-state index in [9.17, 15) is 0 Å². The highest BCUT2D eigenvalue weighted by Gasteiger charge is 2.30. The van der Waals surface area contributed by atoms with E-state index in [1.54, 1.807) is 0 Å². The molecule has 2 aromatic rings. The topological polar surface area (TPSA) is 68.0 Å². The number of fused-ring (bicyclic) bond motifs is 1. The summed E-state index contributed by atoms with van der Waals surface area (Å²) < 4.78 is 1.49. The maximum absolute atomic E-state index is 4.41. The molecule has 0 bridgehead atoms. The fourth-order valence-electron chi connectivity index (χ4n) is 2.19. The molecule has 6 nitrogen and oxygen atoms in total. The monoisotopic (exact) mass is 232 g/mol. The molecule has 0 aromatic carbocycles. The molecular formula is C11H16N6. The molecule has 2 heterocycles. The van der Waals surface area contributed by atoms with E-state index >= 15 is 0 Å². The molecule has 1 aliphatic rings. The van der Waals surface area contributed by atoms with Crippen molar-refractivity contribution in [1.29, 1.82) is 0 Å². The van der Waals surface area contributed by atoms with Gasteiger partial charge in [-0.25, -0.2) is 0 Å². The van der Waals surface area contributed by atoms with Crippen LogP contribution >= 0.6 is 0 Å². The van der Waals surface area contributed by atoms with Gasteiger partial charge in [-0.15, -0.1) is 9.73 Å². The second-order valence-corrected chi connectivity index (χ2v) is 4.56. The molecule has 3 rings (SSSR count). The highest BCUT2D eigenvalue weighted by atomic mass is 15.6. The van der Waals surface area contributed by atoms with Gasteiger partial charge in [0.1, 0.15) is 0 Å². The first-order valence-electron chi connectivity index (χ1n) is 6.14. The van der Waals surface area contributed by atoms with Gasteiger partial charge in [0.05, 0.1) is 5.69 Å². The standard InChI is InChI=1S/C11H16N6/c1-2-12-10(8-3-4-8)7-9-5-6-11-13-15-16-17(11)14-9/h5-6,8,10,12H,2-4,7H2,1H3. The average molecular weight is 232 g/mol. The van der Waals surface area contributed by atoms with Crippen LogP contribution in [0.1, 0.15) is 25.5 Å². The fraction of sp³-hybridized carbons (Fsp3) is 0.636. The lowest BCUT2D eigenvalue weighted by Gasteiger charge is -2.16. The molecule has 0 amide bonds. The van der Waals surface area contributed by atoms with E-state index in [2.05, 4.69) is 32.9 Å². The molecule has 2 aromatic heterocycles. The number of hydrogen-bond donors (Lipinski definition) is 1. The molecule has 90 valence electrons. The van der Waals surface area contributed by atoms with Crippen molar-refractivity contribution in [1.82, 2.24) is 30.6 Å². The van der Waals surface area contributed by atoms with Crippen molar-refractivity contribution in [2.24, 2.45) is 5.92 Å². The molecule has 1 atom stereocenters. The molecule has 17 heavy (non-hydrogen) atoms. The van der Waals surface area contributed by atoms with E-state index in [1.165, 1.54) is 17.5 Å². The quantitative estimate of drug-likeness (QED) is 0.810. The maximum Gasteiger partial charge on any atom is 0.199 e. The minimum atomic E-state index is 0.543. The molecule has 1 aliphatic carbocycles. The summed E-state index contributed by atoms with van der Waals surface area (Å²) in [7, 11) is 0. The van der Waals surface area contributed by atoms with Crippen molar-refractivity contribution >= 4 is 5.65 Å². The van der Waals surface area contributed by atoms with Gasteiger partial charge >= 0.3 is 0 Å². The minimum absolute atomic E-state index is 0.543. The lowest BCUT2D eigenvalue weighted by atomic mass is 10.1. The number of tetrazole rings is 1. The molecule has 1 fully saturated rings. The Kier molecular flexibility index (Phi) is 2.72. The average Bonchev–Trinajstić information content (AvgIpc) is 3.07. The first-order valence-corrected chi connectivity index (χ1v) is 6.14. The summed E-state index contributed by atoms with van der Waals surface area (Å²) in [5.74, 6) is 0.821. The number of likely N-dealkylation sites (N-methyl/N-ethyl adjacent to an activating group) is 1. The Hall–Kier alpha value is -1.56. The van der Waals surface area contributed by atoms with E-state index in [1.807, 2.05) is 12.1 Å². The molecule has 0 spiro atoms. The fourth-order valence-corrected chi connectivity index (χ4v) is 2.19.